The standard InChI is InChI=1S/C15H9BrClN3O/c16-11-5-6-14(18-7-11)20-8-10(9-21)15(19-20)12-3-1-2-4-13(12)17/h1-9H. The van der Waals surface area contributed by atoms with Crippen molar-refractivity contribution in [3.63, 3.8) is 0 Å². The second-order valence-electron chi connectivity index (χ2n) is 4.31. The van der Waals surface area contributed by atoms with Gasteiger partial charge in [-0.15, -0.1) is 0 Å². The lowest BCUT2D eigenvalue weighted by atomic mass is 10.1. The van der Waals surface area contributed by atoms with Crippen LogP contribution in [0.4, 0.5) is 0 Å². The van der Waals surface area contributed by atoms with E-state index >= 15 is 0 Å². The van der Waals surface area contributed by atoms with Crippen LogP contribution in [0.25, 0.3) is 17.1 Å². The number of aromatic nitrogens is 3. The van der Waals surface area contributed by atoms with E-state index in [1.54, 1.807) is 23.1 Å². The van der Waals surface area contributed by atoms with Crippen LogP contribution in [0.5, 0.6) is 0 Å². The SMILES string of the molecule is O=Cc1cn(-c2ccc(Br)cn2)nc1-c1ccccc1Cl. The molecule has 4 nitrogen and oxygen atoms in total. The molecule has 0 aliphatic rings. The molecule has 2 aromatic heterocycles. The molecule has 3 rings (SSSR count). The largest absolute Gasteiger partial charge is 0.298 e. The Kier molecular flexibility index (Phi) is 3.86. The lowest BCUT2D eigenvalue weighted by Crippen LogP contribution is -1.97. The lowest BCUT2D eigenvalue weighted by Gasteiger charge is -2.01. The highest BCUT2D eigenvalue weighted by molar-refractivity contribution is 9.10. The van der Waals surface area contributed by atoms with Gasteiger partial charge in [-0.1, -0.05) is 29.8 Å². The van der Waals surface area contributed by atoms with E-state index in [1.807, 2.05) is 30.3 Å². The summed E-state index contributed by atoms with van der Waals surface area (Å²) in [7, 11) is 0. The summed E-state index contributed by atoms with van der Waals surface area (Å²) >= 11 is 9.51. The van der Waals surface area contributed by atoms with Gasteiger partial charge in [0, 0.05) is 22.4 Å². The first-order valence-corrected chi connectivity index (χ1v) is 7.28. The van der Waals surface area contributed by atoms with Crippen LogP contribution in [0, 0.1) is 0 Å². The highest BCUT2D eigenvalue weighted by atomic mass is 79.9. The van der Waals surface area contributed by atoms with Gasteiger partial charge in [-0.3, -0.25) is 4.79 Å². The molecule has 0 aliphatic carbocycles. The molecular weight excluding hydrogens is 354 g/mol. The zero-order chi connectivity index (χ0) is 14.8. The number of rotatable bonds is 3. The van der Waals surface area contributed by atoms with Gasteiger partial charge in [-0.2, -0.15) is 5.10 Å². The highest BCUT2D eigenvalue weighted by Crippen LogP contribution is 2.29. The van der Waals surface area contributed by atoms with Gasteiger partial charge in [-0.25, -0.2) is 9.67 Å². The van der Waals surface area contributed by atoms with Crippen LogP contribution in [-0.4, -0.2) is 21.1 Å². The molecule has 0 spiro atoms. The van der Waals surface area contributed by atoms with Crippen molar-refractivity contribution in [1.82, 2.24) is 14.8 Å². The second kappa shape index (κ2) is 5.79. The Labute approximate surface area is 134 Å². The molecule has 0 radical (unpaired) electrons. The number of nitrogens with zero attached hydrogens (tertiary/aromatic N) is 3. The van der Waals surface area contributed by atoms with Crippen molar-refractivity contribution >= 4 is 33.8 Å². The fraction of sp³-hybridized carbons (Fsp3) is 0. The molecule has 2 heterocycles. The molecule has 0 aliphatic heterocycles. The van der Waals surface area contributed by atoms with E-state index in [0.29, 0.717) is 22.1 Å². The molecule has 0 N–H and O–H groups in total. The first kappa shape index (κ1) is 14.0. The predicted octanol–water partition coefficient (Wildman–Crippen LogP) is 4.16. The Morgan fingerprint density at radius 2 is 2.00 bits per heavy atom. The van der Waals surface area contributed by atoms with Crippen LogP contribution in [0.15, 0.2) is 53.3 Å². The average molecular weight is 363 g/mol. The Bertz CT molecular complexity index is 799. The van der Waals surface area contributed by atoms with Crippen LogP contribution in [-0.2, 0) is 0 Å². The Morgan fingerprint density at radius 1 is 1.19 bits per heavy atom. The first-order chi connectivity index (χ1) is 10.2. The molecular formula is C15H9BrClN3O. The van der Waals surface area contributed by atoms with E-state index in [1.165, 1.54) is 0 Å². The molecule has 0 unspecified atom stereocenters. The zero-order valence-electron chi connectivity index (χ0n) is 10.7. The zero-order valence-corrected chi connectivity index (χ0v) is 13.0. The minimum absolute atomic E-state index is 0.466. The number of hydrogen-bond donors (Lipinski definition) is 0. The van der Waals surface area contributed by atoms with Crippen molar-refractivity contribution in [1.29, 1.82) is 0 Å². The fourth-order valence-corrected chi connectivity index (χ4v) is 2.42. The smallest absolute Gasteiger partial charge is 0.153 e. The minimum Gasteiger partial charge on any atom is -0.298 e. The van der Waals surface area contributed by atoms with E-state index < -0.39 is 0 Å². The predicted molar refractivity (Wildman–Crippen MR) is 84.9 cm³/mol. The van der Waals surface area contributed by atoms with E-state index in [0.717, 1.165) is 16.3 Å². The summed E-state index contributed by atoms with van der Waals surface area (Å²) in [4.78, 5) is 15.5. The number of carbonyl (C=O) groups is 1. The highest BCUT2D eigenvalue weighted by Gasteiger charge is 2.14. The summed E-state index contributed by atoms with van der Waals surface area (Å²) in [5, 5.41) is 4.99. The van der Waals surface area contributed by atoms with Gasteiger partial charge in [-0.05, 0) is 34.1 Å². The van der Waals surface area contributed by atoms with Crippen molar-refractivity contribution in [2.75, 3.05) is 0 Å². The van der Waals surface area contributed by atoms with Crippen LogP contribution < -0.4 is 0 Å². The van der Waals surface area contributed by atoms with Crippen molar-refractivity contribution in [2.24, 2.45) is 0 Å². The maximum Gasteiger partial charge on any atom is 0.153 e. The Balaban J connectivity index is 2.13. The average Bonchev–Trinajstić information content (AvgIpc) is 2.92. The van der Waals surface area contributed by atoms with Crippen LogP contribution in [0.1, 0.15) is 10.4 Å². The minimum atomic E-state index is 0.466. The van der Waals surface area contributed by atoms with Crippen LogP contribution >= 0.6 is 27.5 Å². The van der Waals surface area contributed by atoms with Crippen LogP contribution in [0.3, 0.4) is 0 Å². The van der Waals surface area contributed by atoms with E-state index in [9.17, 15) is 4.79 Å². The molecule has 6 heteroatoms. The monoisotopic (exact) mass is 361 g/mol. The molecule has 1 aromatic carbocycles. The number of carbonyl (C=O) groups excluding carboxylic acids is 1. The normalized spacial score (nSPS) is 10.6. The number of aldehydes is 1. The van der Waals surface area contributed by atoms with Crippen molar-refractivity contribution in [3.8, 4) is 17.1 Å². The summed E-state index contributed by atoms with van der Waals surface area (Å²) in [6.45, 7) is 0. The molecule has 0 bridgehead atoms. The van der Waals surface area contributed by atoms with Gasteiger partial charge in [0.2, 0.25) is 0 Å². The van der Waals surface area contributed by atoms with Gasteiger partial charge < -0.3 is 0 Å². The molecule has 21 heavy (non-hydrogen) atoms. The number of halogens is 2. The third kappa shape index (κ3) is 2.75. The molecule has 0 amide bonds. The molecule has 0 saturated carbocycles. The van der Waals surface area contributed by atoms with Gasteiger partial charge in [0.05, 0.1) is 10.6 Å². The first-order valence-electron chi connectivity index (χ1n) is 6.10. The quantitative estimate of drug-likeness (QED) is 0.657. The van der Waals surface area contributed by atoms with Crippen LogP contribution in [0.2, 0.25) is 5.02 Å². The third-order valence-electron chi connectivity index (χ3n) is 2.94. The number of hydrogen-bond acceptors (Lipinski definition) is 3. The maximum absolute atomic E-state index is 11.3. The second-order valence-corrected chi connectivity index (χ2v) is 5.63. The van der Waals surface area contributed by atoms with Gasteiger partial charge >= 0.3 is 0 Å². The van der Waals surface area contributed by atoms with Gasteiger partial charge in [0.15, 0.2) is 12.1 Å². The van der Waals surface area contributed by atoms with Crippen molar-refractivity contribution in [2.45, 2.75) is 0 Å². The molecule has 3 aromatic rings. The summed E-state index contributed by atoms with van der Waals surface area (Å²) < 4.78 is 2.44. The van der Waals surface area contributed by atoms with E-state index in [4.69, 9.17) is 11.6 Å². The molecule has 104 valence electrons. The Hall–Kier alpha value is -1.98. The summed E-state index contributed by atoms with van der Waals surface area (Å²) in [5.41, 5.74) is 1.73. The summed E-state index contributed by atoms with van der Waals surface area (Å²) in [6.07, 6.45) is 4.08. The van der Waals surface area contributed by atoms with Crippen molar-refractivity contribution in [3.05, 3.63) is 63.9 Å². The summed E-state index contributed by atoms with van der Waals surface area (Å²) in [5.74, 6) is 0.625. The van der Waals surface area contributed by atoms with Crippen molar-refractivity contribution < 1.29 is 4.79 Å². The van der Waals surface area contributed by atoms with E-state index in [-0.39, 0.29) is 0 Å². The maximum atomic E-state index is 11.3. The lowest BCUT2D eigenvalue weighted by molar-refractivity contribution is 0.112. The molecule has 0 fully saturated rings. The number of pyridine rings is 1. The molecule has 0 atom stereocenters. The fourth-order valence-electron chi connectivity index (χ4n) is 1.96. The van der Waals surface area contributed by atoms with Gasteiger partial charge in [0.25, 0.3) is 0 Å². The molecule has 0 saturated heterocycles. The van der Waals surface area contributed by atoms with E-state index in [2.05, 4.69) is 26.0 Å². The number of benzene rings is 1. The topological polar surface area (TPSA) is 47.8 Å². The summed E-state index contributed by atoms with van der Waals surface area (Å²) in [6, 6.07) is 11.0. The third-order valence-corrected chi connectivity index (χ3v) is 3.74. The van der Waals surface area contributed by atoms with Gasteiger partial charge in [0.1, 0.15) is 5.69 Å². The Morgan fingerprint density at radius 3 is 2.67 bits per heavy atom.